The van der Waals surface area contributed by atoms with Gasteiger partial charge in [-0.15, -0.1) is 12.4 Å². The zero-order valence-electron chi connectivity index (χ0n) is 18.7. The highest BCUT2D eigenvalue weighted by Gasteiger charge is 2.14. The number of carbonyl (C=O) groups excluding carboxylic acids is 1. The molecule has 0 unspecified atom stereocenters. The molecule has 1 aliphatic heterocycles. The summed E-state index contributed by atoms with van der Waals surface area (Å²) in [6, 6.07) is 4.45. The summed E-state index contributed by atoms with van der Waals surface area (Å²) in [4.78, 5) is 22.4. The number of anilines is 2. The van der Waals surface area contributed by atoms with Gasteiger partial charge in [0.15, 0.2) is 11.5 Å². The number of hydrogen-bond donors (Lipinski definition) is 3. The molecule has 0 atom stereocenters. The Labute approximate surface area is 209 Å². The first-order valence-corrected chi connectivity index (χ1v) is 10.8. The Morgan fingerprint density at radius 3 is 2.68 bits per heavy atom. The summed E-state index contributed by atoms with van der Waals surface area (Å²) in [5.74, 6) is 1.03. The molecule has 1 saturated heterocycles. The lowest BCUT2D eigenvalue weighted by molar-refractivity contribution is 0.0383. The monoisotopic (exact) mass is 511 g/mol. The minimum atomic E-state index is -0.568. The first-order valence-electron chi connectivity index (χ1n) is 10.4. The summed E-state index contributed by atoms with van der Waals surface area (Å²) in [5, 5.41) is 17.6. The van der Waals surface area contributed by atoms with E-state index in [1.54, 1.807) is 12.1 Å². The predicted molar refractivity (Wildman–Crippen MR) is 130 cm³/mol. The van der Waals surface area contributed by atoms with Crippen molar-refractivity contribution in [3.8, 4) is 17.6 Å². The van der Waals surface area contributed by atoms with Crippen LogP contribution in [-0.4, -0.2) is 80.6 Å². The molecule has 1 aliphatic rings. The number of hydrogen-bond acceptors (Lipinski definition) is 9. The number of rotatable bonds is 10. The standard InChI is InChI=1S/C21H26ClN7O4.ClH/c1-31-19-11-18(33-7-3-24-2-4-29-5-8-32-9-6-29)16(22)10-17(19)27-21(30)28-20-14-25-15(12-23)13-26-20;/h10-11,13-14,24H,2-9H2,1H3,(H2,26,27,28,30);1H. The molecule has 3 N–H and O–H groups in total. The minimum Gasteiger partial charge on any atom is -0.494 e. The van der Waals surface area contributed by atoms with Crippen molar-refractivity contribution in [3.63, 3.8) is 0 Å². The number of nitriles is 1. The van der Waals surface area contributed by atoms with Crippen LogP contribution in [0.1, 0.15) is 5.69 Å². The number of aromatic nitrogens is 2. The van der Waals surface area contributed by atoms with E-state index in [0.29, 0.717) is 35.4 Å². The van der Waals surface area contributed by atoms with E-state index in [1.165, 1.54) is 19.5 Å². The number of carbonyl (C=O) groups is 1. The number of benzene rings is 1. The Morgan fingerprint density at radius 2 is 2.00 bits per heavy atom. The number of morpholine rings is 1. The molecule has 34 heavy (non-hydrogen) atoms. The first-order chi connectivity index (χ1) is 16.1. The van der Waals surface area contributed by atoms with Gasteiger partial charge in [-0.25, -0.2) is 14.8 Å². The van der Waals surface area contributed by atoms with E-state index in [1.807, 2.05) is 6.07 Å². The van der Waals surface area contributed by atoms with Crippen LogP contribution >= 0.6 is 24.0 Å². The third-order valence-corrected chi connectivity index (χ3v) is 5.05. The number of amides is 2. The molecule has 3 rings (SSSR count). The van der Waals surface area contributed by atoms with E-state index < -0.39 is 6.03 Å². The normalized spacial score (nSPS) is 13.3. The SMILES string of the molecule is COc1cc(OCCNCCN2CCOCC2)c(Cl)cc1NC(=O)Nc1cnc(C#N)cn1.Cl. The zero-order chi connectivity index (χ0) is 23.5. The van der Waals surface area contributed by atoms with Gasteiger partial charge in [-0.1, -0.05) is 11.6 Å². The smallest absolute Gasteiger partial charge is 0.325 e. The number of ether oxygens (including phenoxy) is 3. The van der Waals surface area contributed by atoms with Gasteiger partial charge in [-0.05, 0) is 6.07 Å². The predicted octanol–water partition coefficient (Wildman–Crippen LogP) is 2.38. The maximum atomic E-state index is 12.3. The van der Waals surface area contributed by atoms with Gasteiger partial charge in [0, 0.05) is 38.8 Å². The number of methoxy groups -OCH3 is 1. The molecule has 0 bridgehead atoms. The Balaban J connectivity index is 0.00000408. The summed E-state index contributed by atoms with van der Waals surface area (Å²) in [7, 11) is 1.48. The molecule has 1 aromatic carbocycles. The fraction of sp³-hybridized carbons (Fsp3) is 0.429. The van der Waals surface area contributed by atoms with E-state index in [9.17, 15) is 4.79 Å². The van der Waals surface area contributed by atoms with Crippen molar-refractivity contribution in [1.29, 1.82) is 5.26 Å². The first kappa shape index (κ1) is 27.4. The lowest BCUT2D eigenvalue weighted by Gasteiger charge is -2.26. The van der Waals surface area contributed by atoms with Gasteiger partial charge in [0.05, 0.1) is 43.4 Å². The molecular weight excluding hydrogens is 485 g/mol. The lowest BCUT2D eigenvalue weighted by atomic mass is 10.2. The van der Waals surface area contributed by atoms with E-state index >= 15 is 0 Å². The molecule has 13 heteroatoms. The Morgan fingerprint density at radius 1 is 1.21 bits per heavy atom. The molecule has 0 radical (unpaired) electrons. The maximum Gasteiger partial charge on any atom is 0.325 e. The van der Waals surface area contributed by atoms with Gasteiger partial charge in [-0.3, -0.25) is 10.2 Å². The minimum absolute atomic E-state index is 0. The Kier molecular flexibility index (Phi) is 11.6. The molecule has 2 amide bonds. The van der Waals surface area contributed by atoms with Crippen molar-refractivity contribution >= 4 is 41.5 Å². The largest absolute Gasteiger partial charge is 0.494 e. The summed E-state index contributed by atoms with van der Waals surface area (Å²) in [5.41, 5.74) is 0.509. The van der Waals surface area contributed by atoms with Gasteiger partial charge in [-0.2, -0.15) is 5.26 Å². The topological polar surface area (TPSA) is 134 Å². The lowest BCUT2D eigenvalue weighted by Crippen LogP contribution is -2.40. The molecule has 11 nitrogen and oxygen atoms in total. The van der Waals surface area contributed by atoms with Crippen LogP contribution in [0.4, 0.5) is 16.3 Å². The van der Waals surface area contributed by atoms with Gasteiger partial charge in [0.1, 0.15) is 24.2 Å². The zero-order valence-corrected chi connectivity index (χ0v) is 20.2. The third-order valence-electron chi connectivity index (χ3n) is 4.76. The Bertz CT molecular complexity index is 967. The second-order valence-corrected chi connectivity index (χ2v) is 7.42. The van der Waals surface area contributed by atoms with Crippen LogP contribution in [0.25, 0.3) is 0 Å². The van der Waals surface area contributed by atoms with Crippen LogP contribution in [0.5, 0.6) is 11.5 Å². The van der Waals surface area contributed by atoms with Crippen molar-refractivity contribution in [1.82, 2.24) is 20.2 Å². The molecule has 184 valence electrons. The highest BCUT2D eigenvalue weighted by molar-refractivity contribution is 6.32. The summed E-state index contributed by atoms with van der Waals surface area (Å²) < 4.78 is 16.5. The van der Waals surface area contributed by atoms with Crippen LogP contribution in [0.15, 0.2) is 24.5 Å². The van der Waals surface area contributed by atoms with Gasteiger partial charge < -0.3 is 24.8 Å². The maximum absolute atomic E-state index is 12.3. The summed E-state index contributed by atoms with van der Waals surface area (Å²) in [6.07, 6.45) is 2.55. The fourth-order valence-corrected chi connectivity index (χ4v) is 3.27. The molecule has 2 aromatic rings. The molecule has 0 saturated carbocycles. The number of urea groups is 1. The highest BCUT2D eigenvalue weighted by atomic mass is 35.5. The second kappa shape index (κ2) is 14.4. The van der Waals surface area contributed by atoms with Crippen molar-refractivity contribution in [3.05, 3.63) is 35.2 Å². The van der Waals surface area contributed by atoms with Crippen LogP contribution in [0.3, 0.4) is 0 Å². The van der Waals surface area contributed by atoms with Crippen LogP contribution in [0, 0.1) is 11.3 Å². The van der Waals surface area contributed by atoms with Gasteiger partial charge in [0.25, 0.3) is 0 Å². The third kappa shape index (κ3) is 8.48. The molecule has 0 spiro atoms. The van der Waals surface area contributed by atoms with Crippen LogP contribution in [-0.2, 0) is 4.74 Å². The second-order valence-electron chi connectivity index (χ2n) is 7.01. The van der Waals surface area contributed by atoms with E-state index in [4.69, 9.17) is 31.1 Å². The summed E-state index contributed by atoms with van der Waals surface area (Å²) >= 11 is 6.33. The van der Waals surface area contributed by atoms with Gasteiger partial charge in [0.2, 0.25) is 0 Å². The average Bonchev–Trinajstić information content (AvgIpc) is 2.83. The van der Waals surface area contributed by atoms with Crippen molar-refractivity contribution in [2.45, 2.75) is 0 Å². The molecule has 0 aliphatic carbocycles. The number of halogens is 2. The fourth-order valence-electron chi connectivity index (χ4n) is 3.05. The van der Waals surface area contributed by atoms with E-state index in [0.717, 1.165) is 39.4 Å². The van der Waals surface area contributed by atoms with E-state index in [2.05, 4.69) is 30.8 Å². The molecule has 2 heterocycles. The van der Waals surface area contributed by atoms with Crippen molar-refractivity contribution in [2.24, 2.45) is 0 Å². The number of nitrogens with zero attached hydrogens (tertiary/aromatic N) is 4. The Hall–Kier alpha value is -2.88. The number of nitrogens with one attached hydrogen (secondary N) is 3. The van der Waals surface area contributed by atoms with Crippen molar-refractivity contribution in [2.75, 3.05) is 70.3 Å². The van der Waals surface area contributed by atoms with Crippen LogP contribution in [0.2, 0.25) is 5.02 Å². The molecular formula is C21H27Cl2N7O4. The average molecular weight is 512 g/mol. The van der Waals surface area contributed by atoms with Crippen LogP contribution < -0.4 is 25.4 Å². The highest BCUT2D eigenvalue weighted by Crippen LogP contribution is 2.36. The van der Waals surface area contributed by atoms with Gasteiger partial charge >= 0.3 is 6.03 Å². The molecule has 1 fully saturated rings. The molecule has 1 aromatic heterocycles. The summed E-state index contributed by atoms with van der Waals surface area (Å²) in [6.45, 7) is 6.43. The van der Waals surface area contributed by atoms with Crippen molar-refractivity contribution < 1.29 is 19.0 Å². The quantitative estimate of drug-likeness (QED) is 0.410. The van der Waals surface area contributed by atoms with E-state index in [-0.39, 0.29) is 23.9 Å².